The Morgan fingerprint density at radius 3 is 2.61 bits per heavy atom. The summed E-state index contributed by atoms with van der Waals surface area (Å²) in [5, 5.41) is 0. The van der Waals surface area contributed by atoms with E-state index in [1.165, 1.54) is 0 Å². The zero-order chi connectivity index (χ0) is 20.5. The van der Waals surface area contributed by atoms with Gasteiger partial charge in [0.1, 0.15) is 18.7 Å². The zero-order valence-corrected chi connectivity index (χ0v) is 17.0. The Morgan fingerprint density at radius 2 is 1.96 bits per heavy atom. The first-order valence-electron chi connectivity index (χ1n) is 10.2. The van der Waals surface area contributed by atoms with Gasteiger partial charge in [0.15, 0.2) is 5.78 Å². The SMILES string of the molecule is C/C=C\[C@]1(C)/C(=C\C=O)CC[C@H]2C1C(=O)C[C@]1(C)C2CC[C@H]1C(=O)COC=O. The van der Waals surface area contributed by atoms with Gasteiger partial charge in [0.2, 0.25) is 0 Å². The van der Waals surface area contributed by atoms with E-state index in [1.54, 1.807) is 6.08 Å². The molecule has 3 aliphatic rings. The van der Waals surface area contributed by atoms with E-state index in [2.05, 4.69) is 19.9 Å². The number of ether oxygens (including phenoxy) is 1. The summed E-state index contributed by atoms with van der Waals surface area (Å²) >= 11 is 0. The maximum absolute atomic E-state index is 13.5. The highest BCUT2D eigenvalue weighted by Gasteiger charge is 2.62. The number of rotatable bonds is 6. The molecule has 5 nitrogen and oxygen atoms in total. The number of carbonyl (C=O) groups is 4. The molecule has 3 aliphatic carbocycles. The van der Waals surface area contributed by atoms with Crippen molar-refractivity contribution in [3.8, 4) is 0 Å². The zero-order valence-electron chi connectivity index (χ0n) is 17.0. The van der Waals surface area contributed by atoms with Gasteiger partial charge in [0, 0.05) is 23.7 Å². The van der Waals surface area contributed by atoms with Crippen LogP contribution in [-0.2, 0) is 23.9 Å². The number of carbonyl (C=O) groups excluding carboxylic acids is 4. The Kier molecular flexibility index (Phi) is 5.74. The third-order valence-corrected chi connectivity index (χ3v) is 7.81. The Bertz CT molecular complexity index is 735. The molecule has 6 atom stereocenters. The second-order valence-corrected chi connectivity index (χ2v) is 9.05. The molecule has 0 aromatic rings. The lowest BCUT2D eigenvalue weighted by Crippen LogP contribution is -2.54. The average Bonchev–Trinajstić information content (AvgIpc) is 2.98. The van der Waals surface area contributed by atoms with Gasteiger partial charge in [-0.2, -0.15) is 0 Å². The smallest absolute Gasteiger partial charge is 0.293 e. The lowest BCUT2D eigenvalue weighted by atomic mass is 9.47. The molecular formula is C23H30O5. The second kappa shape index (κ2) is 7.76. The van der Waals surface area contributed by atoms with Crippen LogP contribution in [0.15, 0.2) is 23.8 Å². The highest BCUT2D eigenvalue weighted by Crippen LogP contribution is 2.64. The van der Waals surface area contributed by atoms with E-state index in [1.807, 2.05) is 13.0 Å². The Labute approximate surface area is 166 Å². The van der Waals surface area contributed by atoms with E-state index >= 15 is 0 Å². The van der Waals surface area contributed by atoms with Crippen LogP contribution in [0.3, 0.4) is 0 Å². The minimum atomic E-state index is -0.445. The summed E-state index contributed by atoms with van der Waals surface area (Å²) in [7, 11) is 0. The second-order valence-electron chi connectivity index (χ2n) is 9.05. The lowest BCUT2D eigenvalue weighted by Gasteiger charge is -2.55. The van der Waals surface area contributed by atoms with E-state index in [4.69, 9.17) is 4.74 Å². The summed E-state index contributed by atoms with van der Waals surface area (Å²) in [5.74, 6) is 0.238. The maximum atomic E-state index is 13.5. The topological polar surface area (TPSA) is 77.5 Å². The number of ketones is 2. The molecule has 0 aliphatic heterocycles. The summed E-state index contributed by atoms with van der Waals surface area (Å²) in [6.45, 7) is 6.20. The van der Waals surface area contributed by atoms with Crippen LogP contribution in [0.4, 0.5) is 0 Å². The minimum Gasteiger partial charge on any atom is -0.460 e. The van der Waals surface area contributed by atoms with Crippen LogP contribution < -0.4 is 0 Å². The molecule has 0 aromatic carbocycles. The Morgan fingerprint density at radius 1 is 1.21 bits per heavy atom. The predicted molar refractivity (Wildman–Crippen MR) is 104 cm³/mol. The molecule has 0 saturated heterocycles. The fraction of sp³-hybridized carbons (Fsp3) is 0.652. The number of Topliss-reactive ketones (excluding diaryl/α,β-unsaturated/α-hetero) is 2. The van der Waals surface area contributed by atoms with Crippen molar-refractivity contribution in [2.45, 2.75) is 52.9 Å². The number of allylic oxidation sites excluding steroid dienone is 4. The van der Waals surface area contributed by atoms with Crippen LogP contribution in [0.2, 0.25) is 0 Å². The highest BCUT2D eigenvalue weighted by atomic mass is 16.5. The van der Waals surface area contributed by atoms with Gasteiger partial charge in [-0.3, -0.25) is 19.2 Å². The standard InChI is InChI=1S/C23H30O5/c1-4-10-22(2)15(9-11-24)5-6-16-17-7-8-18(20(27)13-28-14-25)23(17,3)12-19(26)21(16)22/h4,9-11,14,16-18,21H,5-8,12-13H2,1-3H3/b10-4-,15-9-/t16-,17?,18+,21?,22-,23-/m1/s1. The van der Waals surface area contributed by atoms with Gasteiger partial charge in [-0.15, -0.1) is 0 Å². The molecular weight excluding hydrogens is 356 g/mol. The van der Waals surface area contributed by atoms with Crippen molar-refractivity contribution in [3.63, 3.8) is 0 Å². The molecule has 0 spiro atoms. The quantitative estimate of drug-likeness (QED) is 0.397. The molecule has 0 heterocycles. The molecule has 28 heavy (non-hydrogen) atoms. The van der Waals surface area contributed by atoms with Crippen molar-refractivity contribution in [2.24, 2.45) is 34.5 Å². The highest BCUT2D eigenvalue weighted by molar-refractivity contribution is 5.89. The molecule has 3 saturated carbocycles. The van der Waals surface area contributed by atoms with Crippen molar-refractivity contribution < 1.29 is 23.9 Å². The molecule has 0 radical (unpaired) electrons. The normalized spacial score (nSPS) is 41.5. The van der Waals surface area contributed by atoms with Crippen LogP contribution in [0.1, 0.15) is 52.9 Å². The molecule has 5 heteroatoms. The molecule has 3 rings (SSSR count). The fourth-order valence-electron chi connectivity index (χ4n) is 6.76. The Balaban J connectivity index is 1.96. The van der Waals surface area contributed by atoms with E-state index < -0.39 is 5.41 Å². The molecule has 2 unspecified atom stereocenters. The van der Waals surface area contributed by atoms with Crippen molar-refractivity contribution in [3.05, 3.63) is 23.8 Å². The molecule has 0 aromatic heterocycles. The minimum absolute atomic E-state index is 0.0723. The van der Waals surface area contributed by atoms with Crippen LogP contribution in [0.5, 0.6) is 0 Å². The van der Waals surface area contributed by atoms with Crippen LogP contribution >= 0.6 is 0 Å². The van der Waals surface area contributed by atoms with Crippen molar-refractivity contribution >= 4 is 24.3 Å². The third kappa shape index (κ3) is 3.09. The molecule has 0 N–H and O–H groups in total. The van der Waals surface area contributed by atoms with Crippen LogP contribution in [0, 0.1) is 34.5 Å². The molecule has 0 amide bonds. The first-order valence-corrected chi connectivity index (χ1v) is 10.2. The third-order valence-electron chi connectivity index (χ3n) is 7.81. The number of aldehydes is 1. The molecule has 3 fully saturated rings. The van der Waals surface area contributed by atoms with Gasteiger partial charge in [-0.25, -0.2) is 0 Å². The monoisotopic (exact) mass is 386 g/mol. The van der Waals surface area contributed by atoms with Gasteiger partial charge in [0.25, 0.3) is 6.47 Å². The van der Waals surface area contributed by atoms with Gasteiger partial charge in [0.05, 0.1) is 0 Å². The first kappa shape index (κ1) is 20.7. The molecule has 0 bridgehead atoms. The van der Waals surface area contributed by atoms with Gasteiger partial charge < -0.3 is 4.74 Å². The first-order chi connectivity index (χ1) is 13.3. The number of fused-ring (bicyclic) bond motifs is 3. The lowest BCUT2D eigenvalue weighted by molar-refractivity contribution is -0.148. The number of hydrogen-bond acceptors (Lipinski definition) is 5. The maximum Gasteiger partial charge on any atom is 0.293 e. The van der Waals surface area contributed by atoms with E-state index in [-0.39, 0.29) is 41.3 Å². The average molecular weight is 386 g/mol. The van der Waals surface area contributed by atoms with Crippen molar-refractivity contribution in [1.29, 1.82) is 0 Å². The fourth-order valence-corrected chi connectivity index (χ4v) is 6.76. The summed E-state index contributed by atoms with van der Waals surface area (Å²) in [6.07, 6.45) is 10.2. The van der Waals surface area contributed by atoms with E-state index in [0.29, 0.717) is 18.8 Å². The van der Waals surface area contributed by atoms with Gasteiger partial charge in [-0.05, 0) is 55.9 Å². The number of hydrogen-bond donors (Lipinski definition) is 0. The van der Waals surface area contributed by atoms with E-state index in [9.17, 15) is 19.2 Å². The van der Waals surface area contributed by atoms with E-state index in [0.717, 1.165) is 37.5 Å². The summed E-state index contributed by atoms with van der Waals surface area (Å²) < 4.78 is 4.71. The summed E-state index contributed by atoms with van der Waals surface area (Å²) in [6, 6.07) is 0. The summed E-state index contributed by atoms with van der Waals surface area (Å²) in [5.41, 5.74) is 0.216. The van der Waals surface area contributed by atoms with Gasteiger partial charge >= 0.3 is 0 Å². The summed E-state index contributed by atoms with van der Waals surface area (Å²) in [4.78, 5) is 47.8. The van der Waals surface area contributed by atoms with Crippen molar-refractivity contribution in [1.82, 2.24) is 0 Å². The van der Waals surface area contributed by atoms with Gasteiger partial charge in [-0.1, -0.05) is 31.6 Å². The molecule has 152 valence electrons. The predicted octanol–water partition coefficient (Wildman–Crippen LogP) is 3.47. The van der Waals surface area contributed by atoms with Crippen LogP contribution in [0.25, 0.3) is 0 Å². The Hall–Kier alpha value is -2.04. The van der Waals surface area contributed by atoms with Crippen molar-refractivity contribution in [2.75, 3.05) is 6.61 Å². The largest absolute Gasteiger partial charge is 0.460 e. The van der Waals surface area contributed by atoms with Crippen LogP contribution in [-0.4, -0.2) is 30.9 Å².